The smallest absolute Gasteiger partial charge is 0.251 e. The zero-order valence-corrected chi connectivity index (χ0v) is 12.6. The summed E-state index contributed by atoms with van der Waals surface area (Å²) in [6.45, 7) is -0.0196. The highest BCUT2D eigenvalue weighted by molar-refractivity contribution is 5.97. The van der Waals surface area contributed by atoms with Crippen molar-refractivity contribution in [2.45, 2.75) is 44.1 Å². The first-order valence-electron chi connectivity index (χ1n) is 7.96. The number of aliphatic hydroxyl groups is 1. The van der Waals surface area contributed by atoms with E-state index in [-0.39, 0.29) is 24.3 Å². The molecule has 0 spiro atoms. The second-order valence-electron chi connectivity index (χ2n) is 6.44. The average molecular weight is 302 g/mol. The molecule has 2 fully saturated rings. The van der Waals surface area contributed by atoms with Gasteiger partial charge in [0.05, 0.1) is 12.1 Å². The molecule has 5 nitrogen and oxygen atoms in total. The lowest BCUT2D eigenvalue weighted by Crippen LogP contribution is -2.49. The molecule has 22 heavy (non-hydrogen) atoms. The fraction of sp³-hybridized carbons (Fsp3) is 0.529. The maximum atomic E-state index is 12.3. The Kier molecular flexibility index (Phi) is 4.16. The Hall–Kier alpha value is -1.88. The maximum Gasteiger partial charge on any atom is 0.251 e. The minimum Gasteiger partial charge on any atom is -0.394 e. The average Bonchev–Trinajstić information content (AvgIpc) is 3.29. The third-order valence-corrected chi connectivity index (χ3v) is 4.60. The minimum atomic E-state index is -0.462. The van der Waals surface area contributed by atoms with Gasteiger partial charge in [-0.15, -0.1) is 0 Å². The van der Waals surface area contributed by atoms with Crippen molar-refractivity contribution in [3.8, 4) is 0 Å². The molecule has 118 valence electrons. The van der Waals surface area contributed by atoms with Crippen LogP contribution in [-0.4, -0.2) is 29.1 Å². The van der Waals surface area contributed by atoms with Crippen molar-refractivity contribution in [2.24, 2.45) is 5.92 Å². The lowest BCUT2D eigenvalue weighted by Gasteiger charge is -2.28. The summed E-state index contributed by atoms with van der Waals surface area (Å²) in [4.78, 5) is 24.0. The molecule has 0 aliphatic heterocycles. The molecule has 0 radical (unpaired) electrons. The number of hydrogen-bond donors (Lipinski definition) is 3. The lowest BCUT2D eigenvalue weighted by atomic mass is 9.98. The predicted molar refractivity (Wildman–Crippen MR) is 83.5 cm³/mol. The lowest BCUT2D eigenvalue weighted by molar-refractivity contribution is -0.117. The van der Waals surface area contributed by atoms with Gasteiger partial charge in [0.1, 0.15) is 0 Å². The highest BCUT2D eigenvalue weighted by atomic mass is 16.3. The summed E-state index contributed by atoms with van der Waals surface area (Å²) in [5.41, 5.74) is 0.797. The minimum absolute atomic E-state index is 0.0196. The first kappa shape index (κ1) is 15.0. The molecule has 0 heterocycles. The Morgan fingerprint density at radius 3 is 2.32 bits per heavy atom. The van der Waals surface area contributed by atoms with Crippen molar-refractivity contribution in [1.29, 1.82) is 0 Å². The fourth-order valence-electron chi connectivity index (χ4n) is 2.98. The van der Waals surface area contributed by atoms with E-state index in [0.717, 1.165) is 38.5 Å². The van der Waals surface area contributed by atoms with Crippen molar-refractivity contribution >= 4 is 17.5 Å². The Labute approximate surface area is 130 Å². The van der Waals surface area contributed by atoms with Gasteiger partial charge < -0.3 is 15.7 Å². The van der Waals surface area contributed by atoms with Crippen LogP contribution in [-0.2, 0) is 4.79 Å². The van der Waals surface area contributed by atoms with Crippen LogP contribution in [0.5, 0.6) is 0 Å². The van der Waals surface area contributed by atoms with Crippen molar-refractivity contribution in [2.75, 3.05) is 11.9 Å². The van der Waals surface area contributed by atoms with Crippen LogP contribution in [0.4, 0.5) is 5.69 Å². The molecule has 1 aromatic carbocycles. The summed E-state index contributed by atoms with van der Waals surface area (Å²) in [7, 11) is 0. The third kappa shape index (κ3) is 3.30. The van der Waals surface area contributed by atoms with E-state index in [9.17, 15) is 14.7 Å². The van der Waals surface area contributed by atoms with Gasteiger partial charge in [-0.3, -0.25) is 9.59 Å². The molecule has 2 aliphatic carbocycles. The van der Waals surface area contributed by atoms with Gasteiger partial charge in [0, 0.05) is 17.2 Å². The van der Waals surface area contributed by atoms with Crippen molar-refractivity contribution < 1.29 is 14.7 Å². The summed E-state index contributed by atoms with van der Waals surface area (Å²) in [5, 5.41) is 15.4. The van der Waals surface area contributed by atoms with E-state index in [0.29, 0.717) is 11.3 Å². The van der Waals surface area contributed by atoms with Gasteiger partial charge >= 0.3 is 0 Å². The summed E-state index contributed by atoms with van der Waals surface area (Å²) < 4.78 is 0. The van der Waals surface area contributed by atoms with Crippen LogP contribution in [0, 0.1) is 5.92 Å². The number of rotatable bonds is 5. The molecule has 3 N–H and O–H groups in total. The van der Waals surface area contributed by atoms with Gasteiger partial charge in [-0.2, -0.15) is 0 Å². The first-order chi connectivity index (χ1) is 10.6. The van der Waals surface area contributed by atoms with Gasteiger partial charge in [0.25, 0.3) is 5.91 Å². The molecule has 3 rings (SSSR count). The molecule has 0 bridgehead atoms. The van der Waals surface area contributed by atoms with Crippen molar-refractivity contribution in [1.82, 2.24) is 5.32 Å². The fourth-order valence-corrected chi connectivity index (χ4v) is 2.98. The molecule has 0 aromatic heterocycles. The van der Waals surface area contributed by atoms with Gasteiger partial charge in [0.15, 0.2) is 0 Å². The zero-order chi connectivity index (χ0) is 15.6. The number of carbonyl (C=O) groups is 2. The molecule has 5 heteroatoms. The number of hydrogen-bond acceptors (Lipinski definition) is 3. The van der Waals surface area contributed by atoms with Crippen molar-refractivity contribution in [3.05, 3.63) is 29.8 Å². The summed E-state index contributed by atoms with van der Waals surface area (Å²) in [5.74, 6) is 0.0492. The number of carbonyl (C=O) groups excluding carboxylic acids is 2. The monoisotopic (exact) mass is 302 g/mol. The van der Waals surface area contributed by atoms with Crippen LogP contribution >= 0.6 is 0 Å². The topological polar surface area (TPSA) is 78.4 Å². The Morgan fingerprint density at radius 1 is 1.14 bits per heavy atom. The number of anilines is 1. The second-order valence-corrected chi connectivity index (χ2v) is 6.44. The van der Waals surface area contributed by atoms with Crippen LogP contribution in [0.1, 0.15) is 48.9 Å². The van der Waals surface area contributed by atoms with Gasteiger partial charge in [-0.25, -0.2) is 0 Å². The molecule has 0 unspecified atom stereocenters. The summed E-state index contributed by atoms with van der Waals surface area (Å²) in [6.07, 6.45) is 5.65. The van der Waals surface area contributed by atoms with E-state index in [2.05, 4.69) is 10.6 Å². The highest BCUT2D eigenvalue weighted by Crippen LogP contribution is 2.31. The largest absolute Gasteiger partial charge is 0.394 e. The Bertz CT molecular complexity index is 558. The normalized spacial score (nSPS) is 19.7. The van der Waals surface area contributed by atoms with Crippen molar-refractivity contribution in [3.63, 3.8) is 0 Å². The van der Waals surface area contributed by atoms with Crippen LogP contribution in [0.25, 0.3) is 0 Å². The van der Waals surface area contributed by atoms with E-state index >= 15 is 0 Å². The zero-order valence-electron chi connectivity index (χ0n) is 12.6. The van der Waals surface area contributed by atoms with Gasteiger partial charge in [-0.05, 0) is 49.9 Å². The molecule has 2 saturated carbocycles. The SMILES string of the molecule is O=C(NC1(CO)CCCC1)c1ccc(NC(=O)C2CC2)cc1. The van der Waals surface area contributed by atoms with E-state index < -0.39 is 5.54 Å². The quantitative estimate of drug-likeness (QED) is 0.779. The molecule has 0 atom stereocenters. The Balaban J connectivity index is 1.61. The molecule has 1 aromatic rings. The van der Waals surface area contributed by atoms with E-state index in [1.165, 1.54) is 0 Å². The van der Waals surface area contributed by atoms with Gasteiger partial charge in [-0.1, -0.05) is 12.8 Å². The first-order valence-corrected chi connectivity index (χ1v) is 7.96. The Morgan fingerprint density at radius 2 is 1.77 bits per heavy atom. The predicted octanol–water partition coefficient (Wildman–Crippen LogP) is 2.07. The molecule has 0 saturated heterocycles. The molecular formula is C17H22N2O3. The van der Waals surface area contributed by atoms with E-state index in [1.54, 1.807) is 24.3 Å². The third-order valence-electron chi connectivity index (χ3n) is 4.60. The van der Waals surface area contributed by atoms with E-state index in [4.69, 9.17) is 0 Å². The summed E-state index contributed by atoms with van der Waals surface area (Å²) in [6, 6.07) is 6.90. The second kappa shape index (κ2) is 6.08. The van der Waals surface area contributed by atoms with Crippen LogP contribution in [0.3, 0.4) is 0 Å². The number of benzene rings is 1. The van der Waals surface area contributed by atoms with E-state index in [1.807, 2.05) is 0 Å². The number of aliphatic hydroxyl groups excluding tert-OH is 1. The standard InChI is InChI=1S/C17H22N2O3/c20-11-17(9-1-2-10-17)19-16(22)13-5-7-14(8-6-13)18-15(21)12-3-4-12/h5-8,12,20H,1-4,9-11H2,(H,18,21)(H,19,22). The molecule has 2 aliphatic rings. The maximum absolute atomic E-state index is 12.3. The van der Waals surface area contributed by atoms with Crippen LogP contribution in [0.15, 0.2) is 24.3 Å². The highest BCUT2D eigenvalue weighted by Gasteiger charge is 2.34. The number of amides is 2. The molecule has 2 amide bonds. The number of nitrogens with one attached hydrogen (secondary N) is 2. The summed E-state index contributed by atoms with van der Waals surface area (Å²) >= 11 is 0. The van der Waals surface area contributed by atoms with Crippen LogP contribution < -0.4 is 10.6 Å². The molecular weight excluding hydrogens is 280 g/mol. The van der Waals surface area contributed by atoms with Crippen LogP contribution in [0.2, 0.25) is 0 Å². The van der Waals surface area contributed by atoms with Gasteiger partial charge in [0.2, 0.25) is 5.91 Å².